The van der Waals surface area contributed by atoms with Crippen LogP contribution in [0.15, 0.2) is 30.5 Å². The van der Waals surface area contributed by atoms with E-state index in [9.17, 15) is 13.6 Å². The molecule has 1 aromatic carbocycles. The lowest BCUT2D eigenvalue weighted by Gasteiger charge is -2.08. The summed E-state index contributed by atoms with van der Waals surface area (Å²) in [6, 6.07) is 5.06. The van der Waals surface area contributed by atoms with Gasteiger partial charge in [-0.15, -0.1) is 0 Å². The third-order valence-corrected chi connectivity index (χ3v) is 2.57. The number of nitrogens with zero attached hydrogens (tertiary/aromatic N) is 1. The van der Waals surface area contributed by atoms with Gasteiger partial charge < -0.3 is 0 Å². The minimum Gasteiger partial charge on any atom is -0.298 e. The Labute approximate surface area is 101 Å². The van der Waals surface area contributed by atoms with Gasteiger partial charge in [-0.25, -0.2) is 13.8 Å². The van der Waals surface area contributed by atoms with Crippen LogP contribution in [0.4, 0.5) is 8.78 Å². The number of benzene rings is 1. The molecule has 1 heterocycles. The lowest BCUT2D eigenvalue weighted by molar-refractivity contribution is 0.112. The Morgan fingerprint density at radius 1 is 1.24 bits per heavy atom. The van der Waals surface area contributed by atoms with E-state index in [0.717, 1.165) is 6.07 Å². The van der Waals surface area contributed by atoms with Crippen molar-refractivity contribution in [3.05, 3.63) is 52.8 Å². The third kappa shape index (κ3) is 2.03. The fourth-order valence-electron chi connectivity index (χ4n) is 1.51. The van der Waals surface area contributed by atoms with Gasteiger partial charge in [-0.2, -0.15) is 0 Å². The fraction of sp³-hybridized carbons (Fsp3) is 0. The van der Waals surface area contributed by atoms with Crippen LogP contribution in [-0.4, -0.2) is 11.3 Å². The van der Waals surface area contributed by atoms with E-state index in [1.807, 2.05) is 0 Å². The zero-order valence-electron chi connectivity index (χ0n) is 8.45. The van der Waals surface area contributed by atoms with Gasteiger partial charge in [0.2, 0.25) is 0 Å². The number of halogens is 3. The summed E-state index contributed by atoms with van der Waals surface area (Å²) in [5, 5.41) is -0.0425. The van der Waals surface area contributed by atoms with Crippen LogP contribution in [0.25, 0.3) is 11.1 Å². The summed E-state index contributed by atoms with van der Waals surface area (Å²) < 4.78 is 26.7. The maximum absolute atomic E-state index is 13.6. The van der Waals surface area contributed by atoms with Crippen LogP contribution >= 0.6 is 11.6 Å². The molecule has 1 aromatic heterocycles. The monoisotopic (exact) mass is 253 g/mol. The first-order valence-electron chi connectivity index (χ1n) is 4.69. The average molecular weight is 254 g/mol. The SMILES string of the molecule is O=Cc1ccnc(Cl)c1-c1cccc(F)c1F. The summed E-state index contributed by atoms with van der Waals surface area (Å²) in [5.74, 6) is -2.05. The molecule has 0 saturated heterocycles. The van der Waals surface area contributed by atoms with Crippen LogP contribution in [0.2, 0.25) is 5.15 Å². The van der Waals surface area contributed by atoms with Gasteiger partial charge in [0.1, 0.15) is 5.15 Å². The second-order valence-electron chi connectivity index (χ2n) is 3.29. The summed E-state index contributed by atoms with van der Waals surface area (Å²) in [5.41, 5.74) is 0.181. The van der Waals surface area contributed by atoms with Gasteiger partial charge in [-0.1, -0.05) is 23.7 Å². The minimum absolute atomic E-state index is 0.0425. The van der Waals surface area contributed by atoms with E-state index in [0.29, 0.717) is 6.29 Å². The van der Waals surface area contributed by atoms with Gasteiger partial charge in [0.15, 0.2) is 17.9 Å². The number of pyridine rings is 1. The lowest BCUT2D eigenvalue weighted by atomic mass is 10.0. The summed E-state index contributed by atoms with van der Waals surface area (Å²) in [4.78, 5) is 14.6. The first-order valence-corrected chi connectivity index (χ1v) is 5.07. The third-order valence-electron chi connectivity index (χ3n) is 2.28. The average Bonchev–Trinajstić information content (AvgIpc) is 2.33. The lowest BCUT2D eigenvalue weighted by Crippen LogP contribution is -1.95. The Morgan fingerprint density at radius 3 is 2.71 bits per heavy atom. The number of rotatable bonds is 2. The molecule has 0 N–H and O–H groups in total. The van der Waals surface area contributed by atoms with Gasteiger partial charge in [-0.05, 0) is 12.1 Å². The highest BCUT2D eigenvalue weighted by atomic mass is 35.5. The van der Waals surface area contributed by atoms with Crippen LogP contribution in [0.3, 0.4) is 0 Å². The van der Waals surface area contributed by atoms with Gasteiger partial charge >= 0.3 is 0 Å². The van der Waals surface area contributed by atoms with Crippen molar-refractivity contribution >= 4 is 17.9 Å². The van der Waals surface area contributed by atoms with E-state index in [1.165, 1.54) is 24.4 Å². The molecule has 86 valence electrons. The number of carbonyl (C=O) groups is 1. The Morgan fingerprint density at radius 2 is 2.00 bits per heavy atom. The molecule has 0 spiro atoms. The molecular formula is C12H6ClF2NO. The Balaban J connectivity index is 2.76. The second-order valence-corrected chi connectivity index (χ2v) is 3.64. The normalized spacial score (nSPS) is 10.3. The van der Waals surface area contributed by atoms with E-state index in [2.05, 4.69) is 4.98 Å². The van der Waals surface area contributed by atoms with Crippen molar-refractivity contribution in [2.45, 2.75) is 0 Å². The maximum Gasteiger partial charge on any atom is 0.166 e. The molecule has 2 rings (SSSR count). The molecule has 0 fully saturated rings. The number of hydrogen-bond acceptors (Lipinski definition) is 2. The molecule has 0 bridgehead atoms. The fourth-order valence-corrected chi connectivity index (χ4v) is 1.78. The van der Waals surface area contributed by atoms with Crippen LogP contribution in [0, 0.1) is 11.6 Å². The maximum atomic E-state index is 13.6. The molecule has 2 aromatic rings. The summed E-state index contributed by atoms with van der Waals surface area (Å²) in [6.45, 7) is 0. The highest BCUT2D eigenvalue weighted by molar-refractivity contribution is 6.32. The quantitative estimate of drug-likeness (QED) is 0.606. The van der Waals surface area contributed by atoms with Crippen molar-refractivity contribution in [2.75, 3.05) is 0 Å². The molecule has 0 saturated carbocycles. The van der Waals surface area contributed by atoms with Crippen LogP contribution in [0.1, 0.15) is 10.4 Å². The van der Waals surface area contributed by atoms with Crippen molar-refractivity contribution < 1.29 is 13.6 Å². The van der Waals surface area contributed by atoms with E-state index in [1.54, 1.807) is 0 Å². The predicted octanol–water partition coefficient (Wildman–Crippen LogP) is 3.49. The van der Waals surface area contributed by atoms with Gasteiger partial charge in [0.05, 0.1) is 0 Å². The molecule has 0 amide bonds. The van der Waals surface area contributed by atoms with Crippen molar-refractivity contribution in [3.8, 4) is 11.1 Å². The van der Waals surface area contributed by atoms with Crippen molar-refractivity contribution in [2.24, 2.45) is 0 Å². The smallest absolute Gasteiger partial charge is 0.166 e. The second kappa shape index (κ2) is 4.59. The molecular weight excluding hydrogens is 248 g/mol. The topological polar surface area (TPSA) is 30.0 Å². The van der Waals surface area contributed by atoms with Gasteiger partial charge in [0, 0.05) is 22.9 Å². The summed E-state index contributed by atoms with van der Waals surface area (Å²) >= 11 is 5.81. The number of carbonyl (C=O) groups excluding carboxylic acids is 1. The number of hydrogen-bond donors (Lipinski definition) is 0. The predicted molar refractivity (Wildman–Crippen MR) is 60.0 cm³/mol. The molecule has 17 heavy (non-hydrogen) atoms. The standard InChI is InChI=1S/C12H6ClF2NO/c13-12-10(7(6-17)4-5-16-12)8-2-1-3-9(14)11(8)15/h1-6H. The summed E-state index contributed by atoms with van der Waals surface area (Å²) in [6.07, 6.45) is 1.85. The highest BCUT2D eigenvalue weighted by Gasteiger charge is 2.16. The molecule has 0 aliphatic rings. The largest absolute Gasteiger partial charge is 0.298 e. The molecule has 0 radical (unpaired) electrons. The molecule has 2 nitrogen and oxygen atoms in total. The Hall–Kier alpha value is -1.81. The zero-order valence-corrected chi connectivity index (χ0v) is 9.21. The van der Waals surface area contributed by atoms with Crippen molar-refractivity contribution in [1.29, 1.82) is 0 Å². The van der Waals surface area contributed by atoms with Crippen LogP contribution in [-0.2, 0) is 0 Å². The molecule has 0 aliphatic heterocycles. The van der Waals surface area contributed by atoms with Crippen molar-refractivity contribution in [1.82, 2.24) is 4.98 Å². The first kappa shape index (κ1) is 11.7. The van der Waals surface area contributed by atoms with Crippen LogP contribution in [0.5, 0.6) is 0 Å². The number of aldehydes is 1. The molecule has 5 heteroatoms. The van der Waals surface area contributed by atoms with Gasteiger partial charge in [-0.3, -0.25) is 4.79 Å². The highest BCUT2D eigenvalue weighted by Crippen LogP contribution is 2.31. The minimum atomic E-state index is -1.05. The molecule has 0 aliphatic carbocycles. The zero-order chi connectivity index (χ0) is 12.4. The van der Waals surface area contributed by atoms with Crippen molar-refractivity contribution in [3.63, 3.8) is 0 Å². The van der Waals surface area contributed by atoms with Crippen LogP contribution < -0.4 is 0 Å². The Bertz CT molecular complexity index is 587. The van der Waals surface area contributed by atoms with E-state index in [-0.39, 0.29) is 21.8 Å². The summed E-state index contributed by atoms with van der Waals surface area (Å²) in [7, 11) is 0. The first-order chi connectivity index (χ1) is 8.15. The Kier molecular flexibility index (Phi) is 3.15. The van der Waals surface area contributed by atoms with E-state index < -0.39 is 11.6 Å². The molecule has 0 unspecified atom stereocenters. The van der Waals surface area contributed by atoms with E-state index >= 15 is 0 Å². The molecule has 0 atom stereocenters. The van der Waals surface area contributed by atoms with E-state index in [4.69, 9.17) is 11.6 Å². The van der Waals surface area contributed by atoms with Gasteiger partial charge in [0.25, 0.3) is 0 Å². The number of aromatic nitrogens is 1.